The van der Waals surface area contributed by atoms with Gasteiger partial charge in [-0.15, -0.1) is 0 Å². The Bertz CT molecular complexity index is 1040. The summed E-state index contributed by atoms with van der Waals surface area (Å²) in [5, 5.41) is 12.8. The molecule has 29 heavy (non-hydrogen) atoms. The van der Waals surface area contributed by atoms with Crippen LogP contribution in [0.2, 0.25) is 5.02 Å². The number of carboxylic acid groups (broad SMARTS) is 1. The molecule has 154 valence electrons. The Kier molecular flexibility index (Phi) is 7.18. The van der Waals surface area contributed by atoms with Crippen LogP contribution in [0, 0.1) is 0 Å². The molecule has 0 aromatic heterocycles. The van der Waals surface area contributed by atoms with Gasteiger partial charge in [-0.2, -0.15) is 5.10 Å². The highest BCUT2D eigenvalue weighted by molar-refractivity contribution is 7.92. The molecule has 0 aliphatic rings. The van der Waals surface area contributed by atoms with Crippen molar-refractivity contribution in [1.82, 2.24) is 5.43 Å². The largest absolute Gasteiger partial charge is 0.495 e. The molecule has 0 unspecified atom stereocenters. The first kappa shape index (κ1) is 22.2. The van der Waals surface area contributed by atoms with Gasteiger partial charge in [0.15, 0.2) is 0 Å². The number of nitrogens with one attached hydrogen (secondary N) is 1. The Morgan fingerprint density at radius 3 is 2.41 bits per heavy atom. The summed E-state index contributed by atoms with van der Waals surface area (Å²) in [5.41, 5.74) is 3.10. The number of rotatable bonds is 8. The van der Waals surface area contributed by atoms with Crippen LogP contribution in [0.4, 0.5) is 5.69 Å². The van der Waals surface area contributed by atoms with E-state index in [2.05, 4.69) is 10.5 Å². The van der Waals surface area contributed by atoms with E-state index in [-0.39, 0.29) is 16.3 Å². The predicted octanol–water partition coefficient (Wildman–Crippen LogP) is 1.96. The number of benzene rings is 2. The van der Waals surface area contributed by atoms with E-state index >= 15 is 0 Å². The number of amides is 1. The number of halogens is 1. The fourth-order valence-corrected chi connectivity index (χ4v) is 3.37. The Balaban J connectivity index is 2.08. The molecule has 0 saturated carbocycles. The molecule has 0 spiro atoms. The van der Waals surface area contributed by atoms with Crippen molar-refractivity contribution < 1.29 is 27.9 Å². The second-order valence-corrected chi connectivity index (χ2v) is 8.12. The topological polar surface area (TPSA) is 125 Å². The van der Waals surface area contributed by atoms with E-state index in [1.165, 1.54) is 55.8 Å². The highest BCUT2D eigenvalue weighted by atomic mass is 35.5. The van der Waals surface area contributed by atoms with Gasteiger partial charge in [-0.25, -0.2) is 18.6 Å². The fourth-order valence-electron chi connectivity index (χ4n) is 2.27. The van der Waals surface area contributed by atoms with Crippen LogP contribution in [0.3, 0.4) is 0 Å². The summed E-state index contributed by atoms with van der Waals surface area (Å²) in [6.45, 7) is -0.517. The third-order valence-electron chi connectivity index (χ3n) is 3.67. The summed E-state index contributed by atoms with van der Waals surface area (Å²) in [7, 11) is -2.35. The van der Waals surface area contributed by atoms with Crippen molar-refractivity contribution in [3.05, 3.63) is 58.6 Å². The molecule has 0 radical (unpaired) electrons. The van der Waals surface area contributed by atoms with Crippen molar-refractivity contribution in [3.63, 3.8) is 0 Å². The molecule has 0 heterocycles. The van der Waals surface area contributed by atoms with Crippen LogP contribution in [0.15, 0.2) is 47.6 Å². The number of ether oxygens (including phenoxy) is 1. The molecule has 2 N–H and O–H groups in total. The summed E-state index contributed by atoms with van der Waals surface area (Å²) < 4.78 is 30.1. The molecular formula is C18H18ClN3O6S. The predicted molar refractivity (Wildman–Crippen MR) is 109 cm³/mol. The van der Waals surface area contributed by atoms with Gasteiger partial charge in [0.25, 0.3) is 5.91 Å². The van der Waals surface area contributed by atoms with Gasteiger partial charge in [-0.1, -0.05) is 23.7 Å². The van der Waals surface area contributed by atoms with Gasteiger partial charge in [0.2, 0.25) is 10.0 Å². The molecule has 9 nitrogen and oxygen atoms in total. The van der Waals surface area contributed by atoms with E-state index in [0.717, 1.165) is 10.6 Å². The molecule has 1 amide bonds. The molecule has 0 saturated heterocycles. The Labute approximate surface area is 172 Å². The molecule has 0 aliphatic carbocycles. The summed E-state index contributed by atoms with van der Waals surface area (Å²) in [6.07, 6.45) is 2.27. The zero-order chi connectivity index (χ0) is 21.6. The Morgan fingerprint density at radius 2 is 1.90 bits per heavy atom. The van der Waals surface area contributed by atoms with Gasteiger partial charge < -0.3 is 9.84 Å². The van der Waals surface area contributed by atoms with Crippen LogP contribution in [0.5, 0.6) is 5.75 Å². The van der Waals surface area contributed by atoms with Gasteiger partial charge in [0.1, 0.15) is 12.3 Å². The highest BCUT2D eigenvalue weighted by Gasteiger charge is 2.21. The molecule has 2 aromatic carbocycles. The van der Waals surface area contributed by atoms with E-state index in [1.807, 2.05) is 0 Å². The lowest BCUT2D eigenvalue weighted by Crippen LogP contribution is -2.39. The first-order chi connectivity index (χ1) is 13.6. The maximum Gasteiger partial charge on any atom is 0.335 e. The molecule has 11 heteroatoms. The smallest absolute Gasteiger partial charge is 0.335 e. The SMILES string of the molecule is COc1ccc(N(CC(=O)N/N=C\c2ccc(C(=O)O)cc2)S(C)(=O)=O)cc1Cl. The van der Waals surface area contributed by atoms with E-state index < -0.39 is 28.4 Å². The lowest BCUT2D eigenvalue weighted by Gasteiger charge is -2.21. The Hall–Kier alpha value is -3.11. The second-order valence-electron chi connectivity index (χ2n) is 5.81. The second kappa shape index (κ2) is 9.39. The van der Waals surface area contributed by atoms with E-state index in [4.69, 9.17) is 21.4 Å². The van der Waals surface area contributed by atoms with Crippen molar-refractivity contribution in [2.24, 2.45) is 5.10 Å². The number of carbonyl (C=O) groups excluding carboxylic acids is 1. The van der Waals surface area contributed by atoms with Gasteiger partial charge in [0, 0.05) is 0 Å². The van der Waals surface area contributed by atoms with Crippen LogP contribution >= 0.6 is 11.6 Å². The summed E-state index contributed by atoms with van der Waals surface area (Å²) in [4.78, 5) is 23.0. The summed E-state index contributed by atoms with van der Waals surface area (Å²) >= 11 is 6.04. The Morgan fingerprint density at radius 1 is 1.24 bits per heavy atom. The number of hydrazone groups is 1. The average molecular weight is 440 g/mol. The number of carbonyl (C=O) groups is 2. The van der Waals surface area contributed by atoms with Gasteiger partial charge in [0.05, 0.1) is 35.9 Å². The molecule has 0 bridgehead atoms. The molecular weight excluding hydrogens is 422 g/mol. The first-order valence-electron chi connectivity index (χ1n) is 8.08. The molecule has 2 aromatic rings. The maximum absolute atomic E-state index is 12.1. The quantitative estimate of drug-likeness (QED) is 0.478. The van der Waals surface area contributed by atoms with Crippen molar-refractivity contribution in [1.29, 1.82) is 0 Å². The van der Waals surface area contributed by atoms with Gasteiger partial charge in [-0.3, -0.25) is 9.10 Å². The number of aromatic carboxylic acids is 1. The number of nitrogens with zero attached hydrogens (tertiary/aromatic N) is 2. The molecule has 0 aliphatic heterocycles. The zero-order valence-electron chi connectivity index (χ0n) is 15.5. The average Bonchev–Trinajstić information content (AvgIpc) is 2.65. The standard InChI is InChI=1S/C18H18ClN3O6S/c1-28-16-8-7-14(9-15(16)19)22(29(2,26)27)11-17(23)21-20-10-12-3-5-13(6-4-12)18(24)25/h3-10H,11H2,1-2H3,(H,21,23)(H,24,25)/b20-10-. The third kappa shape index (κ3) is 6.19. The summed E-state index contributed by atoms with van der Waals surface area (Å²) in [5.74, 6) is -1.37. The van der Waals surface area contributed by atoms with Crippen LogP contribution in [0.1, 0.15) is 15.9 Å². The number of carboxylic acids is 1. The minimum atomic E-state index is -3.77. The fraction of sp³-hybridized carbons (Fsp3) is 0.167. The van der Waals surface area contributed by atoms with Crippen molar-refractivity contribution in [2.75, 3.05) is 24.2 Å². The van der Waals surface area contributed by atoms with Crippen molar-refractivity contribution in [3.8, 4) is 5.75 Å². The highest BCUT2D eigenvalue weighted by Crippen LogP contribution is 2.30. The van der Waals surface area contributed by atoms with Gasteiger partial charge >= 0.3 is 5.97 Å². The molecule has 0 fully saturated rings. The lowest BCUT2D eigenvalue weighted by atomic mass is 10.1. The van der Waals surface area contributed by atoms with E-state index in [0.29, 0.717) is 11.3 Å². The first-order valence-corrected chi connectivity index (χ1v) is 10.3. The van der Waals surface area contributed by atoms with Crippen molar-refractivity contribution >= 4 is 45.4 Å². The zero-order valence-corrected chi connectivity index (χ0v) is 17.1. The van der Waals surface area contributed by atoms with E-state index in [9.17, 15) is 18.0 Å². The minimum Gasteiger partial charge on any atom is -0.495 e. The third-order valence-corrected chi connectivity index (χ3v) is 5.11. The van der Waals surface area contributed by atoms with Crippen LogP contribution < -0.4 is 14.5 Å². The maximum atomic E-state index is 12.1. The molecule has 2 rings (SSSR count). The number of anilines is 1. The summed E-state index contributed by atoms with van der Waals surface area (Å²) in [6, 6.07) is 10.2. The lowest BCUT2D eigenvalue weighted by molar-refractivity contribution is -0.119. The monoisotopic (exact) mass is 439 g/mol. The van der Waals surface area contributed by atoms with E-state index in [1.54, 1.807) is 0 Å². The number of methoxy groups -OCH3 is 1. The number of hydrogen-bond acceptors (Lipinski definition) is 6. The van der Waals surface area contributed by atoms with Crippen molar-refractivity contribution in [2.45, 2.75) is 0 Å². The molecule has 0 atom stereocenters. The number of hydrogen-bond donors (Lipinski definition) is 2. The normalized spacial score (nSPS) is 11.3. The minimum absolute atomic E-state index is 0.119. The van der Waals surface area contributed by atoms with Gasteiger partial charge in [-0.05, 0) is 35.9 Å². The van der Waals surface area contributed by atoms with Crippen LogP contribution in [-0.4, -0.2) is 51.5 Å². The van der Waals surface area contributed by atoms with Crippen LogP contribution in [-0.2, 0) is 14.8 Å². The number of sulfonamides is 1. The van der Waals surface area contributed by atoms with Crippen LogP contribution in [0.25, 0.3) is 0 Å².